The van der Waals surface area contributed by atoms with Crippen molar-refractivity contribution in [3.05, 3.63) is 76.6 Å². The van der Waals surface area contributed by atoms with Gasteiger partial charge in [0.05, 0.1) is 17.8 Å². The molecule has 36 heavy (non-hydrogen) atoms. The lowest BCUT2D eigenvalue weighted by atomic mass is 9.93. The number of carbonyl (C=O) groups excluding carboxylic acids is 1. The van der Waals surface area contributed by atoms with Crippen LogP contribution in [0.2, 0.25) is 0 Å². The van der Waals surface area contributed by atoms with Crippen LogP contribution < -0.4 is 4.74 Å². The molecule has 2 heterocycles. The third-order valence-electron chi connectivity index (χ3n) is 6.67. The fourth-order valence-electron chi connectivity index (χ4n) is 4.51. The molecule has 192 valence electrons. The topological polar surface area (TPSA) is 54.7 Å². The highest BCUT2D eigenvalue weighted by Gasteiger charge is 2.47. The Bertz CT molecular complexity index is 1310. The number of aromatic nitrogens is 1. The summed E-state index contributed by atoms with van der Waals surface area (Å²) in [6, 6.07) is 10.8. The van der Waals surface area contributed by atoms with Crippen LogP contribution >= 0.6 is 0 Å². The van der Waals surface area contributed by atoms with Crippen molar-refractivity contribution in [2.45, 2.75) is 45.1 Å². The van der Waals surface area contributed by atoms with Crippen LogP contribution in [-0.2, 0) is 12.5 Å². The van der Waals surface area contributed by atoms with Gasteiger partial charge in [0.1, 0.15) is 11.4 Å². The molecule has 0 saturated carbocycles. The maximum absolute atomic E-state index is 15.8. The van der Waals surface area contributed by atoms with Crippen LogP contribution in [0.25, 0.3) is 11.1 Å². The van der Waals surface area contributed by atoms with E-state index in [1.54, 1.807) is 26.0 Å². The quantitative estimate of drug-likeness (QED) is 0.450. The Morgan fingerprint density at radius 2 is 1.72 bits per heavy atom. The molecule has 0 aliphatic carbocycles. The van der Waals surface area contributed by atoms with E-state index >= 15 is 8.78 Å². The summed E-state index contributed by atoms with van der Waals surface area (Å²) in [5, 5.41) is 9.80. The average Bonchev–Trinajstić information content (AvgIpc) is 3.10. The van der Waals surface area contributed by atoms with Gasteiger partial charge in [0.25, 0.3) is 5.91 Å². The molecule has 1 amide bonds. The summed E-state index contributed by atoms with van der Waals surface area (Å²) in [6.45, 7) is 4.36. The summed E-state index contributed by atoms with van der Waals surface area (Å²) in [4.78, 5) is 15.1. The lowest BCUT2D eigenvalue weighted by Crippen LogP contribution is -2.48. The minimum Gasteiger partial charge on any atom is -0.406 e. The lowest BCUT2D eigenvalue weighted by molar-refractivity contribution is -0.274. The molecule has 0 fully saturated rings. The van der Waals surface area contributed by atoms with Crippen molar-refractivity contribution in [3.8, 4) is 16.9 Å². The zero-order chi connectivity index (χ0) is 26.6. The van der Waals surface area contributed by atoms with Gasteiger partial charge in [-0.15, -0.1) is 13.2 Å². The molecule has 3 aromatic rings. The number of hydrogen-bond acceptors (Lipinski definition) is 3. The highest BCUT2D eigenvalue weighted by Crippen LogP contribution is 2.48. The van der Waals surface area contributed by atoms with Crippen LogP contribution in [0.15, 0.2) is 48.5 Å². The predicted molar refractivity (Wildman–Crippen MR) is 123 cm³/mol. The predicted octanol–water partition coefficient (Wildman–Crippen LogP) is 5.71. The minimum absolute atomic E-state index is 0.00563. The van der Waals surface area contributed by atoms with Gasteiger partial charge >= 0.3 is 12.3 Å². The zero-order valence-electron chi connectivity index (χ0n) is 20.1. The van der Waals surface area contributed by atoms with E-state index in [-0.39, 0.29) is 46.8 Å². The van der Waals surface area contributed by atoms with E-state index < -0.39 is 29.5 Å². The molecule has 0 spiro atoms. The Morgan fingerprint density at radius 3 is 2.31 bits per heavy atom. The Balaban J connectivity index is 1.95. The highest BCUT2D eigenvalue weighted by atomic mass is 19.4. The monoisotopic (exact) mass is 508 g/mol. The number of amides is 1. The van der Waals surface area contributed by atoms with Crippen LogP contribution in [0.1, 0.15) is 46.7 Å². The molecule has 0 atom stereocenters. The Kier molecular flexibility index (Phi) is 6.15. The molecule has 1 aromatic heterocycles. The summed E-state index contributed by atoms with van der Waals surface area (Å²) >= 11 is 0. The number of halogens is 5. The molecule has 0 radical (unpaired) electrons. The molecule has 1 aliphatic heterocycles. The number of benzene rings is 2. The number of likely N-dealkylation sites (N-methyl/N-ethyl adjacent to an activating group) is 1. The van der Waals surface area contributed by atoms with E-state index in [1.807, 2.05) is 0 Å². The Hall–Kier alpha value is -3.40. The summed E-state index contributed by atoms with van der Waals surface area (Å²) in [5.41, 5.74) is -0.616. The second-order valence-corrected chi connectivity index (χ2v) is 9.42. The number of rotatable bonds is 5. The number of alkyl halides is 5. The summed E-state index contributed by atoms with van der Waals surface area (Å²) in [5.74, 6) is -4.50. The van der Waals surface area contributed by atoms with Crippen LogP contribution in [0, 0.1) is 6.92 Å². The Morgan fingerprint density at radius 1 is 1.11 bits per heavy atom. The number of hydrogen-bond donors (Lipinski definition) is 1. The first kappa shape index (κ1) is 25.7. The van der Waals surface area contributed by atoms with E-state index in [2.05, 4.69) is 4.74 Å². The SMILES string of the molecule is Cc1c(-c2ccc(OC(F)(F)F)cc2)c(C(=O)N(C)C(C)(C)CO)n2c1C(F)(F)c1ccccc1C2. The first-order valence-corrected chi connectivity index (χ1v) is 11.1. The summed E-state index contributed by atoms with van der Waals surface area (Å²) in [7, 11) is 1.47. The third kappa shape index (κ3) is 4.23. The largest absolute Gasteiger partial charge is 0.573 e. The summed E-state index contributed by atoms with van der Waals surface area (Å²) in [6.07, 6.45) is -4.89. The van der Waals surface area contributed by atoms with Gasteiger partial charge < -0.3 is 19.3 Å². The van der Waals surface area contributed by atoms with E-state index in [9.17, 15) is 23.1 Å². The van der Waals surface area contributed by atoms with Crippen molar-refractivity contribution in [1.82, 2.24) is 9.47 Å². The number of ether oxygens (including phenoxy) is 1. The van der Waals surface area contributed by atoms with E-state index in [0.29, 0.717) is 5.56 Å². The molecule has 0 saturated heterocycles. The van der Waals surface area contributed by atoms with Crippen molar-refractivity contribution in [3.63, 3.8) is 0 Å². The van der Waals surface area contributed by atoms with Crippen LogP contribution in [0.3, 0.4) is 0 Å². The molecular formula is C26H25F5N2O3. The van der Waals surface area contributed by atoms with Gasteiger partial charge in [0.2, 0.25) is 0 Å². The molecule has 1 aliphatic rings. The lowest BCUT2D eigenvalue weighted by Gasteiger charge is -2.35. The van der Waals surface area contributed by atoms with Gasteiger partial charge in [0, 0.05) is 24.7 Å². The van der Waals surface area contributed by atoms with E-state index in [0.717, 1.165) is 12.1 Å². The number of aliphatic hydroxyl groups excluding tert-OH is 1. The van der Waals surface area contributed by atoms with E-state index in [4.69, 9.17) is 0 Å². The first-order valence-electron chi connectivity index (χ1n) is 11.1. The molecular weight excluding hydrogens is 483 g/mol. The number of carbonyl (C=O) groups is 1. The smallest absolute Gasteiger partial charge is 0.406 e. The van der Waals surface area contributed by atoms with E-state index in [1.165, 1.54) is 47.7 Å². The maximum atomic E-state index is 15.8. The van der Waals surface area contributed by atoms with Gasteiger partial charge in [-0.05, 0) is 49.6 Å². The summed E-state index contributed by atoms with van der Waals surface area (Å²) < 4.78 is 74.8. The fraction of sp³-hybridized carbons (Fsp3) is 0.346. The number of nitrogens with zero attached hydrogens (tertiary/aromatic N) is 2. The number of aliphatic hydroxyl groups is 1. The van der Waals surface area contributed by atoms with Gasteiger partial charge in [-0.1, -0.05) is 36.4 Å². The third-order valence-corrected chi connectivity index (χ3v) is 6.67. The maximum Gasteiger partial charge on any atom is 0.573 e. The molecule has 4 rings (SSSR count). The highest BCUT2D eigenvalue weighted by molar-refractivity contribution is 6.01. The minimum atomic E-state index is -4.89. The number of fused-ring (bicyclic) bond motifs is 2. The molecule has 2 aromatic carbocycles. The van der Waals surface area contributed by atoms with Crippen molar-refractivity contribution in [1.29, 1.82) is 0 Å². The van der Waals surface area contributed by atoms with Crippen LogP contribution in [-0.4, -0.2) is 46.0 Å². The van der Waals surface area contributed by atoms with Crippen molar-refractivity contribution in [2.24, 2.45) is 0 Å². The average molecular weight is 508 g/mol. The molecule has 1 N–H and O–H groups in total. The molecule has 10 heteroatoms. The van der Waals surface area contributed by atoms with Crippen LogP contribution in [0.4, 0.5) is 22.0 Å². The standard InChI is InChI=1S/C26H25F5N2O3/c1-15-20(16-9-11-18(12-10-16)36-26(29,30)31)21(23(35)32(4)24(2,3)14-34)33-13-17-7-5-6-8-19(17)25(27,28)22(15)33/h5-12,34H,13-14H2,1-4H3. The molecule has 0 unspecified atom stereocenters. The Labute approximate surface area is 204 Å². The first-order chi connectivity index (χ1) is 16.7. The zero-order valence-corrected chi connectivity index (χ0v) is 20.1. The fourth-order valence-corrected chi connectivity index (χ4v) is 4.51. The van der Waals surface area contributed by atoms with Gasteiger partial charge in [0.15, 0.2) is 0 Å². The van der Waals surface area contributed by atoms with Crippen molar-refractivity contribution in [2.75, 3.05) is 13.7 Å². The van der Waals surface area contributed by atoms with Gasteiger partial charge in [-0.2, -0.15) is 8.78 Å². The molecule has 0 bridgehead atoms. The van der Waals surface area contributed by atoms with Gasteiger partial charge in [-0.3, -0.25) is 4.79 Å². The van der Waals surface area contributed by atoms with Crippen molar-refractivity contribution < 1.29 is 36.6 Å². The second-order valence-electron chi connectivity index (χ2n) is 9.42. The molecule has 5 nitrogen and oxygen atoms in total. The van der Waals surface area contributed by atoms with Crippen LogP contribution in [0.5, 0.6) is 5.75 Å². The van der Waals surface area contributed by atoms with Crippen molar-refractivity contribution >= 4 is 5.91 Å². The second kappa shape index (κ2) is 8.62. The van der Waals surface area contributed by atoms with Gasteiger partial charge in [-0.25, -0.2) is 0 Å². The normalized spacial score (nSPS) is 14.7.